The molecule has 0 aliphatic carbocycles. The van der Waals surface area contributed by atoms with E-state index in [0.717, 1.165) is 23.6 Å². The van der Waals surface area contributed by atoms with Crippen molar-refractivity contribution in [1.29, 1.82) is 0 Å². The van der Waals surface area contributed by atoms with Gasteiger partial charge in [0.1, 0.15) is 5.82 Å². The molecule has 4 heteroatoms. The van der Waals surface area contributed by atoms with E-state index in [2.05, 4.69) is 45.0 Å². The van der Waals surface area contributed by atoms with E-state index in [1.807, 2.05) is 11.7 Å². The van der Waals surface area contributed by atoms with E-state index in [4.69, 9.17) is 5.73 Å². The minimum Gasteiger partial charge on any atom is -0.394 e. The zero-order valence-electron chi connectivity index (χ0n) is 11.3. The molecule has 0 aliphatic rings. The van der Waals surface area contributed by atoms with Gasteiger partial charge in [-0.1, -0.05) is 20.8 Å². The van der Waals surface area contributed by atoms with Crippen molar-refractivity contribution in [3.05, 3.63) is 5.69 Å². The molecule has 0 atom stereocenters. The van der Waals surface area contributed by atoms with Gasteiger partial charge >= 0.3 is 0 Å². The predicted molar refractivity (Wildman–Crippen MR) is 69.7 cm³/mol. The van der Waals surface area contributed by atoms with E-state index in [9.17, 15) is 0 Å². The summed E-state index contributed by atoms with van der Waals surface area (Å²) in [5, 5.41) is 7.91. The monoisotopic (exact) mass is 224 g/mol. The molecule has 1 aromatic heterocycles. The summed E-state index contributed by atoms with van der Waals surface area (Å²) in [6.07, 6.45) is 1.04. The summed E-state index contributed by atoms with van der Waals surface area (Å²) in [5.74, 6) is 1.28. The Hall–Kier alpha value is -1.19. The summed E-state index contributed by atoms with van der Waals surface area (Å²) in [5.41, 5.74) is 7.91. The lowest BCUT2D eigenvalue weighted by Gasteiger charge is -2.26. The average Bonchev–Trinajstić information content (AvgIpc) is 2.45. The SMILES string of the molecule is CCC(C)(C)Nc1c(N)c(C(C)C)nn1C. The summed E-state index contributed by atoms with van der Waals surface area (Å²) < 4.78 is 1.84. The van der Waals surface area contributed by atoms with E-state index in [-0.39, 0.29) is 5.54 Å². The summed E-state index contributed by atoms with van der Waals surface area (Å²) in [6, 6.07) is 0. The van der Waals surface area contributed by atoms with Crippen molar-refractivity contribution in [2.75, 3.05) is 11.1 Å². The van der Waals surface area contributed by atoms with Gasteiger partial charge in [0.15, 0.2) is 0 Å². The molecule has 3 N–H and O–H groups in total. The van der Waals surface area contributed by atoms with Crippen LogP contribution in [0.3, 0.4) is 0 Å². The first-order valence-electron chi connectivity index (χ1n) is 5.89. The average molecular weight is 224 g/mol. The maximum atomic E-state index is 6.12. The second-order valence-corrected chi connectivity index (χ2v) is 5.29. The fourth-order valence-corrected chi connectivity index (χ4v) is 1.54. The van der Waals surface area contributed by atoms with Crippen LogP contribution in [-0.4, -0.2) is 15.3 Å². The molecule has 0 aromatic carbocycles. The Kier molecular flexibility index (Phi) is 3.51. The minimum atomic E-state index is 0.0379. The molecule has 1 heterocycles. The lowest BCUT2D eigenvalue weighted by atomic mass is 10.0. The quantitative estimate of drug-likeness (QED) is 0.826. The smallest absolute Gasteiger partial charge is 0.148 e. The van der Waals surface area contributed by atoms with Gasteiger partial charge in [-0.2, -0.15) is 5.10 Å². The Morgan fingerprint density at radius 2 is 2.00 bits per heavy atom. The number of aromatic nitrogens is 2. The summed E-state index contributed by atoms with van der Waals surface area (Å²) in [4.78, 5) is 0. The lowest BCUT2D eigenvalue weighted by Crippen LogP contribution is -2.31. The summed E-state index contributed by atoms with van der Waals surface area (Å²) in [6.45, 7) is 10.7. The topological polar surface area (TPSA) is 55.9 Å². The van der Waals surface area contributed by atoms with Gasteiger partial charge < -0.3 is 11.1 Å². The van der Waals surface area contributed by atoms with Crippen molar-refractivity contribution >= 4 is 11.5 Å². The highest BCUT2D eigenvalue weighted by Gasteiger charge is 2.21. The molecule has 0 bridgehead atoms. The third-order valence-corrected chi connectivity index (χ3v) is 3.00. The lowest BCUT2D eigenvalue weighted by molar-refractivity contribution is 0.538. The number of nitrogen functional groups attached to an aromatic ring is 1. The van der Waals surface area contributed by atoms with Crippen LogP contribution < -0.4 is 11.1 Å². The van der Waals surface area contributed by atoms with E-state index in [0.29, 0.717) is 5.92 Å². The number of rotatable bonds is 4. The number of hydrogen-bond donors (Lipinski definition) is 2. The van der Waals surface area contributed by atoms with Crippen LogP contribution >= 0.6 is 0 Å². The van der Waals surface area contributed by atoms with Gasteiger partial charge in [0.05, 0.1) is 11.4 Å². The first-order valence-corrected chi connectivity index (χ1v) is 5.89. The van der Waals surface area contributed by atoms with Crippen molar-refractivity contribution in [2.45, 2.75) is 52.5 Å². The number of aryl methyl sites for hydroxylation is 1. The van der Waals surface area contributed by atoms with Gasteiger partial charge in [-0.05, 0) is 26.2 Å². The van der Waals surface area contributed by atoms with Crippen LogP contribution in [0.2, 0.25) is 0 Å². The normalized spacial score (nSPS) is 12.2. The second kappa shape index (κ2) is 4.36. The van der Waals surface area contributed by atoms with Crippen LogP contribution in [0.5, 0.6) is 0 Å². The van der Waals surface area contributed by atoms with Crippen molar-refractivity contribution in [3.63, 3.8) is 0 Å². The Bertz CT molecular complexity index is 363. The van der Waals surface area contributed by atoms with Crippen molar-refractivity contribution < 1.29 is 0 Å². The number of nitrogens with one attached hydrogen (secondary N) is 1. The predicted octanol–water partition coefficient (Wildman–Crippen LogP) is 2.73. The Morgan fingerprint density at radius 3 is 2.38 bits per heavy atom. The van der Waals surface area contributed by atoms with Gasteiger partial charge in [-0.25, -0.2) is 0 Å². The minimum absolute atomic E-state index is 0.0379. The Balaban J connectivity index is 3.06. The Morgan fingerprint density at radius 1 is 1.44 bits per heavy atom. The third kappa shape index (κ3) is 2.49. The molecule has 1 rings (SSSR count). The van der Waals surface area contributed by atoms with Crippen molar-refractivity contribution in [1.82, 2.24) is 9.78 Å². The highest BCUT2D eigenvalue weighted by molar-refractivity contribution is 5.66. The largest absolute Gasteiger partial charge is 0.394 e. The fourth-order valence-electron chi connectivity index (χ4n) is 1.54. The zero-order chi connectivity index (χ0) is 12.5. The molecule has 0 fully saturated rings. The standard InChI is InChI=1S/C12H24N4/c1-7-12(4,5)14-11-9(13)10(8(2)3)15-16(11)6/h8,14H,7,13H2,1-6H3. The van der Waals surface area contributed by atoms with Gasteiger partial charge in [-0.15, -0.1) is 0 Å². The van der Waals surface area contributed by atoms with Gasteiger partial charge in [0, 0.05) is 12.6 Å². The second-order valence-electron chi connectivity index (χ2n) is 5.29. The van der Waals surface area contributed by atoms with E-state index in [1.165, 1.54) is 0 Å². The van der Waals surface area contributed by atoms with Crippen LogP contribution in [-0.2, 0) is 7.05 Å². The molecule has 92 valence electrons. The number of nitrogens with two attached hydrogens (primary N) is 1. The Labute approximate surface area is 98.2 Å². The number of nitrogens with zero attached hydrogens (tertiary/aromatic N) is 2. The van der Waals surface area contributed by atoms with Crippen LogP contribution in [0, 0.1) is 0 Å². The third-order valence-electron chi connectivity index (χ3n) is 3.00. The van der Waals surface area contributed by atoms with E-state index in [1.54, 1.807) is 0 Å². The molecule has 0 radical (unpaired) electrons. The molecule has 4 nitrogen and oxygen atoms in total. The maximum absolute atomic E-state index is 6.12. The summed E-state index contributed by atoms with van der Waals surface area (Å²) in [7, 11) is 1.93. The van der Waals surface area contributed by atoms with Gasteiger partial charge in [-0.3, -0.25) is 4.68 Å². The zero-order valence-corrected chi connectivity index (χ0v) is 11.3. The summed E-state index contributed by atoms with van der Waals surface area (Å²) >= 11 is 0. The van der Waals surface area contributed by atoms with Crippen LogP contribution in [0.25, 0.3) is 0 Å². The number of anilines is 2. The van der Waals surface area contributed by atoms with E-state index >= 15 is 0 Å². The molecule has 0 aliphatic heterocycles. The van der Waals surface area contributed by atoms with Crippen LogP contribution in [0.1, 0.15) is 52.7 Å². The highest BCUT2D eigenvalue weighted by atomic mass is 15.3. The molecular formula is C12H24N4. The van der Waals surface area contributed by atoms with Crippen molar-refractivity contribution in [3.8, 4) is 0 Å². The van der Waals surface area contributed by atoms with Gasteiger partial charge in [0.2, 0.25) is 0 Å². The first kappa shape index (κ1) is 12.9. The fraction of sp³-hybridized carbons (Fsp3) is 0.750. The molecule has 0 unspecified atom stereocenters. The number of hydrogen-bond acceptors (Lipinski definition) is 3. The molecule has 1 aromatic rings. The van der Waals surface area contributed by atoms with Crippen molar-refractivity contribution in [2.24, 2.45) is 7.05 Å². The van der Waals surface area contributed by atoms with E-state index < -0.39 is 0 Å². The molecule has 0 saturated heterocycles. The molecule has 0 spiro atoms. The molecule has 0 amide bonds. The highest BCUT2D eigenvalue weighted by Crippen LogP contribution is 2.30. The molecule has 0 saturated carbocycles. The first-order chi connectivity index (χ1) is 7.28. The maximum Gasteiger partial charge on any atom is 0.148 e. The van der Waals surface area contributed by atoms with Crippen LogP contribution in [0.15, 0.2) is 0 Å². The molecule has 16 heavy (non-hydrogen) atoms. The van der Waals surface area contributed by atoms with Crippen LogP contribution in [0.4, 0.5) is 11.5 Å². The molecular weight excluding hydrogens is 200 g/mol. The van der Waals surface area contributed by atoms with Gasteiger partial charge in [0.25, 0.3) is 0 Å².